The summed E-state index contributed by atoms with van der Waals surface area (Å²) < 4.78 is 11.1. The third-order valence-electron chi connectivity index (χ3n) is 11.3. The average molecular weight is 796 g/mol. The highest BCUT2D eigenvalue weighted by Gasteiger charge is 2.44. The first kappa shape index (κ1) is 52.7. The Morgan fingerprint density at radius 1 is 0.589 bits per heavy atom. The molecule has 0 aromatic heterocycles. The first-order valence-corrected chi connectivity index (χ1v) is 23.6. The van der Waals surface area contributed by atoms with Crippen LogP contribution in [-0.4, -0.2) is 87.5 Å². The molecule has 1 saturated heterocycles. The molecule has 9 heteroatoms. The van der Waals surface area contributed by atoms with Crippen LogP contribution in [0.15, 0.2) is 24.3 Å². The van der Waals surface area contributed by atoms with E-state index in [2.05, 4.69) is 31.3 Å². The third kappa shape index (κ3) is 28.2. The maximum atomic E-state index is 12.6. The topological polar surface area (TPSA) is 149 Å². The zero-order valence-corrected chi connectivity index (χ0v) is 36.1. The van der Waals surface area contributed by atoms with Gasteiger partial charge in [-0.1, -0.05) is 199 Å². The highest BCUT2D eigenvalue weighted by atomic mass is 16.7. The van der Waals surface area contributed by atoms with E-state index >= 15 is 0 Å². The van der Waals surface area contributed by atoms with Crippen molar-refractivity contribution in [3.63, 3.8) is 0 Å². The SMILES string of the molecule is CCCCCCCCCCCCCCCCCCCCCCCCCC/C=C/CC/C=C/C(O)C(COC1OC(CO)C(O)C(O)C1O)NC(=O)CCCCC. The van der Waals surface area contributed by atoms with Crippen LogP contribution >= 0.6 is 0 Å². The standard InChI is InChI=1S/C47H89NO8/c1-3-5-7-8-9-10-11-12-13-14-15-16-17-18-19-20-21-22-23-24-25-26-27-28-29-30-31-32-33-35-36-41(50)40(48-43(51)37-34-6-4-2)39-55-47-46(54)45(53)44(52)42(38-49)56-47/h30-31,35-36,40-42,44-47,49-50,52-54H,3-29,32-34,37-39H2,1-2H3,(H,48,51)/b31-30+,36-35+. The molecule has 6 N–H and O–H groups in total. The third-order valence-corrected chi connectivity index (χ3v) is 11.3. The van der Waals surface area contributed by atoms with Crippen molar-refractivity contribution in [2.75, 3.05) is 13.2 Å². The van der Waals surface area contributed by atoms with Crippen molar-refractivity contribution in [2.24, 2.45) is 0 Å². The number of aliphatic hydroxyl groups is 5. The van der Waals surface area contributed by atoms with Crippen molar-refractivity contribution in [3.8, 4) is 0 Å². The predicted molar refractivity (Wildman–Crippen MR) is 230 cm³/mol. The number of hydrogen-bond donors (Lipinski definition) is 6. The van der Waals surface area contributed by atoms with Gasteiger partial charge in [0.1, 0.15) is 24.4 Å². The molecule has 1 aliphatic rings. The van der Waals surface area contributed by atoms with Crippen LogP contribution in [-0.2, 0) is 14.3 Å². The number of allylic oxidation sites excluding steroid dienone is 3. The summed E-state index contributed by atoms with van der Waals surface area (Å²) in [5, 5.41) is 53.6. The average Bonchev–Trinajstić information content (AvgIpc) is 3.19. The van der Waals surface area contributed by atoms with Gasteiger partial charge in [-0.15, -0.1) is 0 Å². The van der Waals surface area contributed by atoms with Crippen molar-refractivity contribution < 1.29 is 39.8 Å². The molecular formula is C47H89NO8. The fraction of sp³-hybridized carbons (Fsp3) is 0.894. The fourth-order valence-electron chi connectivity index (χ4n) is 7.47. The predicted octanol–water partition coefficient (Wildman–Crippen LogP) is 9.89. The number of unbranched alkanes of at least 4 members (excludes halogenated alkanes) is 27. The van der Waals surface area contributed by atoms with Gasteiger partial charge in [0.25, 0.3) is 0 Å². The molecule has 0 spiro atoms. The number of amides is 1. The highest BCUT2D eigenvalue weighted by Crippen LogP contribution is 2.23. The molecule has 1 amide bonds. The lowest BCUT2D eigenvalue weighted by Crippen LogP contribution is -2.60. The largest absolute Gasteiger partial charge is 0.394 e. The monoisotopic (exact) mass is 796 g/mol. The van der Waals surface area contributed by atoms with Crippen LogP contribution in [0, 0.1) is 0 Å². The quantitative estimate of drug-likeness (QED) is 0.0266. The van der Waals surface area contributed by atoms with E-state index in [1.165, 1.54) is 154 Å². The Hall–Kier alpha value is -1.33. The van der Waals surface area contributed by atoms with E-state index in [4.69, 9.17) is 9.47 Å². The van der Waals surface area contributed by atoms with Gasteiger partial charge in [0.2, 0.25) is 5.91 Å². The van der Waals surface area contributed by atoms with Crippen molar-refractivity contribution in [1.29, 1.82) is 0 Å². The molecule has 7 unspecified atom stereocenters. The molecule has 0 bridgehead atoms. The smallest absolute Gasteiger partial charge is 0.220 e. The molecule has 0 aliphatic carbocycles. The number of rotatable bonds is 39. The first-order chi connectivity index (χ1) is 27.3. The molecule has 9 nitrogen and oxygen atoms in total. The minimum Gasteiger partial charge on any atom is -0.394 e. The minimum absolute atomic E-state index is 0.201. The van der Waals surface area contributed by atoms with E-state index in [1.54, 1.807) is 6.08 Å². The number of aliphatic hydroxyl groups excluding tert-OH is 5. The van der Waals surface area contributed by atoms with Crippen LogP contribution in [0.5, 0.6) is 0 Å². The molecule has 7 atom stereocenters. The van der Waals surface area contributed by atoms with Gasteiger partial charge in [0.05, 0.1) is 25.4 Å². The van der Waals surface area contributed by atoms with E-state index in [0.29, 0.717) is 6.42 Å². The van der Waals surface area contributed by atoms with Gasteiger partial charge in [0.15, 0.2) is 6.29 Å². The lowest BCUT2D eigenvalue weighted by atomic mass is 9.99. The molecule has 0 radical (unpaired) electrons. The van der Waals surface area contributed by atoms with Crippen LogP contribution in [0.4, 0.5) is 0 Å². The lowest BCUT2D eigenvalue weighted by Gasteiger charge is -2.40. The van der Waals surface area contributed by atoms with Crippen LogP contribution in [0.1, 0.15) is 213 Å². The zero-order valence-electron chi connectivity index (χ0n) is 36.1. The minimum atomic E-state index is -1.57. The summed E-state index contributed by atoms with van der Waals surface area (Å²) in [7, 11) is 0. The number of nitrogens with one attached hydrogen (secondary N) is 1. The Labute approximate surface area is 343 Å². The second-order valence-corrected chi connectivity index (χ2v) is 16.5. The van der Waals surface area contributed by atoms with Gasteiger partial charge >= 0.3 is 0 Å². The van der Waals surface area contributed by atoms with Crippen LogP contribution < -0.4 is 5.32 Å². The summed E-state index contributed by atoms with van der Waals surface area (Å²) in [5.41, 5.74) is 0. The second-order valence-electron chi connectivity index (χ2n) is 16.5. The maximum absolute atomic E-state index is 12.6. The molecule has 0 aromatic rings. The number of carbonyl (C=O) groups is 1. The fourth-order valence-corrected chi connectivity index (χ4v) is 7.47. The summed E-state index contributed by atoms with van der Waals surface area (Å²) in [6.07, 6.45) is 39.3. The molecule has 1 fully saturated rings. The summed E-state index contributed by atoms with van der Waals surface area (Å²) >= 11 is 0. The molecular weight excluding hydrogens is 707 g/mol. The molecule has 1 rings (SSSR count). The Morgan fingerprint density at radius 3 is 1.50 bits per heavy atom. The number of carbonyl (C=O) groups excluding carboxylic acids is 1. The molecule has 0 aromatic carbocycles. The number of hydrogen-bond acceptors (Lipinski definition) is 8. The van der Waals surface area contributed by atoms with Gasteiger partial charge in [-0.05, 0) is 32.1 Å². The summed E-state index contributed by atoms with van der Waals surface area (Å²) in [4.78, 5) is 12.6. The van der Waals surface area contributed by atoms with Gasteiger partial charge in [-0.2, -0.15) is 0 Å². The van der Waals surface area contributed by atoms with Crippen LogP contribution in [0.3, 0.4) is 0 Å². The first-order valence-electron chi connectivity index (χ1n) is 23.6. The van der Waals surface area contributed by atoms with E-state index in [9.17, 15) is 30.3 Å². The summed E-state index contributed by atoms with van der Waals surface area (Å²) in [6.45, 7) is 3.58. The molecule has 0 saturated carbocycles. The van der Waals surface area contributed by atoms with Crippen LogP contribution in [0.2, 0.25) is 0 Å². The van der Waals surface area contributed by atoms with Gasteiger partial charge in [0, 0.05) is 6.42 Å². The van der Waals surface area contributed by atoms with Crippen molar-refractivity contribution >= 4 is 5.91 Å². The van der Waals surface area contributed by atoms with Gasteiger partial charge < -0.3 is 40.3 Å². The Kier molecular flexibility index (Phi) is 35.7. The highest BCUT2D eigenvalue weighted by molar-refractivity contribution is 5.76. The molecule has 56 heavy (non-hydrogen) atoms. The van der Waals surface area contributed by atoms with Gasteiger partial charge in [-0.3, -0.25) is 4.79 Å². The molecule has 330 valence electrons. The maximum Gasteiger partial charge on any atom is 0.220 e. The van der Waals surface area contributed by atoms with Gasteiger partial charge in [-0.25, -0.2) is 0 Å². The Morgan fingerprint density at radius 2 is 1.02 bits per heavy atom. The second kappa shape index (κ2) is 37.9. The normalized spacial score (nSPS) is 21.3. The van der Waals surface area contributed by atoms with Crippen molar-refractivity contribution in [1.82, 2.24) is 5.32 Å². The van der Waals surface area contributed by atoms with Crippen molar-refractivity contribution in [3.05, 3.63) is 24.3 Å². The van der Waals surface area contributed by atoms with Crippen molar-refractivity contribution in [2.45, 2.75) is 256 Å². The van der Waals surface area contributed by atoms with E-state index in [-0.39, 0.29) is 12.5 Å². The summed E-state index contributed by atoms with van der Waals surface area (Å²) in [6, 6.07) is -0.813. The lowest BCUT2D eigenvalue weighted by molar-refractivity contribution is -0.302. The molecule has 1 aliphatic heterocycles. The van der Waals surface area contributed by atoms with E-state index in [1.807, 2.05) is 6.08 Å². The molecule has 1 heterocycles. The summed E-state index contributed by atoms with van der Waals surface area (Å²) in [5.74, 6) is -0.211. The Balaban J connectivity index is 2.07. The van der Waals surface area contributed by atoms with E-state index in [0.717, 1.165) is 38.5 Å². The number of ether oxygens (including phenoxy) is 2. The van der Waals surface area contributed by atoms with Crippen LogP contribution in [0.25, 0.3) is 0 Å². The Bertz CT molecular complexity index is 930. The zero-order chi connectivity index (χ0) is 40.9. The van der Waals surface area contributed by atoms with E-state index < -0.39 is 49.5 Å².